The SMILES string of the molecule is CCc1ccc(NC(=S)N(C)[C@@H]2CCS(=O)(=O)C2)cc1. The van der Waals surface area contributed by atoms with Gasteiger partial charge < -0.3 is 10.2 Å². The van der Waals surface area contributed by atoms with Crippen LogP contribution in [0, 0.1) is 0 Å². The van der Waals surface area contributed by atoms with E-state index in [9.17, 15) is 8.42 Å². The zero-order chi connectivity index (χ0) is 14.8. The normalized spacial score (nSPS) is 20.6. The molecule has 0 radical (unpaired) electrons. The van der Waals surface area contributed by atoms with Crippen LogP contribution in [0.25, 0.3) is 0 Å². The molecule has 6 heteroatoms. The third-order valence-corrected chi connectivity index (χ3v) is 5.83. The van der Waals surface area contributed by atoms with Gasteiger partial charge in [-0.3, -0.25) is 0 Å². The number of aryl methyl sites for hydroxylation is 1. The summed E-state index contributed by atoms with van der Waals surface area (Å²) in [5.74, 6) is 0.454. The monoisotopic (exact) mass is 312 g/mol. The second-order valence-electron chi connectivity index (χ2n) is 5.15. The number of rotatable bonds is 3. The van der Waals surface area contributed by atoms with E-state index in [4.69, 9.17) is 12.2 Å². The lowest BCUT2D eigenvalue weighted by Gasteiger charge is -2.26. The largest absolute Gasteiger partial charge is 0.348 e. The van der Waals surface area contributed by atoms with Crippen molar-refractivity contribution in [2.24, 2.45) is 0 Å². The van der Waals surface area contributed by atoms with Crippen LogP contribution in [0.3, 0.4) is 0 Å². The summed E-state index contributed by atoms with van der Waals surface area (Å²) in [6.07, 6.45) is 1.65. The average Bonchev–Trinajstić information content (AvgIpc) is 2.79. The van der Waals surface area contributed by atoms with Crippen LogP contribution in [0.15, 0.2) is 24.3 Å². The summed E-state index contributed by atoms with van der Waals surface area (Å²) in [6, 6.07) is 8.08. The Balaban J connectivity index is 1.97. The number of thiocarbonyl (C=S) groups is 1. The first kappa shape index (κ1) is 15.3. The van der Waals surface area contributed by atoms with E-state index in [0.717, 1.165) is 12.1 Å². The summed E-state index contributed by atoms with van der Waals surface area (Å²) in [7, 11) is -1.04. The third kappa shape index (κ3) is 3.70. The van der Waals surface area contributed by atoms with Crippen molar-refractivity contribution in [3.63, 3.8) is 0 Å². The van der Waals surface area contributed by atoms with Gasteiger partial charge in [0.2, 0.25) is 0 Å². The number of hydrogen-bond acceptors (Lipinski definition) is 3. The number of sulfone groups is 1. The Morgan fingerprint density at radius 2 is 2.05 bits per heavy atom. The minimum atomic E-state index is -2.88. The van der Waals surface area contributed by atoms with Crippen LogP contribution in [-0.2, 0) is 16.3 Å². The van der Waals surface area contributed by atoms with Gasteiger partial charge in [0.1, 0.15) is 0 Å². The Labute approximate surface area is 126 Å². The number of benzene rings is 1. The summed E-state index contributed by atoms with van der Waals surface area (Å²) >= 11 is 5.35. The maximum Gasteiger partial charge on any atom is 0.173 e. The van der Waals surface area contributed by atoms with E-state index in [1.54, 1.807) is 0 Å². The van der Waals surface area contributed by atoms with E-state index in [0.29, 0.717) is 11.5 Å². The molecule has 1 heterocycles. The standard InChI is InChI=1S/C14H20N2O2S2/c1-3-11-4-6-12(7-5-11)15-14(19)16(2)13-8-9-20(17,18)10-13/h4-7,13H,3,8-10H2,1-2H3,(H,15,19)/t13-/m1/s1. The quantitative estimate of drug-likeness (QED) is 0.866. The number of hydrogen-bond donors (Lipinski definition) is 1. The maximum atomic E-state index is 11.5. The minimum absolute atomic E-state index is 0.0186. The van der Waals surface area contributed by atoms with Crippen LogP contribution < -0.4 is 5.32 Å². The number of nitrogens with zero attached hydrogens (tertiary/aromatic N) is 1. The van der Waals surface area contributed by atoms with Crippen LogP contribution in [0.2, 0.25) is 0 Å². The molecular weight excluding hydrogens is 292 g/mol. The Kier molecular flexibility index (Phi) is 4.65. The van der Waals surface area contributed by atoms with Gasteiger partial charge in [0.05, 0.1) is 11.5 Å². The molecule has 0 spiro atoms. The van der Waals surface area contributed by atoms with Crippen molar-refractivity contribution in [1.29, 1.82) is 0 Å². The molecule has 4 nitrogen and oxygen atoms in total. The highest BCUT2D eigenvalue weighted by molar-refractivity contribution is 7.91. The molecule has 0 aromatic heterocycles. The van der Waals surface area contributed by atoms with Crippen LogP contribution >= 0.6 is 12.2 Å². The Morgan fingerprint density at radius 3 is 2.55 bits per heavy atom. The Hall–Kier alpha value is -1.14. The van der Waals surface area contributed by atoms with Gasteiger partial charge in [-0.2, -0.15) is 0 Å². The smallest absolute Gasteiger partial charge is 0.173 e. The lowest BCUT2D eigenvalue weighted by Crippen LogP contribution is -2.40. The fraction of sp³-hybridized carbons (Fsp3) is 0.500. The van der Waals surface area contributed by atoms with Crippen molar-refractivity contribution in [1.82, 2.24) is 4.90 Å². The molecule has 0 saturated carbocycles. The molecule has 1 aliphatic rings. The van der Waals surface area contributed by atoms with Gasteiger partial charge in [-0.25, -0.2) is 8.42 Å². The molecule has 1 atom stereocenters. The fourth-order valence-corrected chi connectivity index (χ4v) is 4.32. The molecule has 0 amide bonds. The summed E-state index contributed by atoms with van der Waals surface area (Å²) in [4.78, 5) is 1.85. The van der Waals surface area contributed by atoms with Crippen molar-refractivity contribution in [2.45, 2.75) is 25.8 Å². The number of anilines is 1. The molecule has 1 fully saturated rings. The van der Waals surface area contributed by atoms with Gasteiger partial charge in [-0.05, 0) is 42.8 Å². The maximum absolute atomic E-state index is 11.5. The van der Waals surface area contributed by atoms with Crippen LogP contribution in [-0.4, -0.2) is 43.0 Å². The molecule has 1 aromatic rings. The summed E-state index contributed by atoms with van der Waals surface area (Å²) in [6.45, 7) is 2.11. The second-order valence-corrected chi connectivity index (χ2v) is 7.76. The van der Waals surface area contributed by atoms with Crippen molar-refractivity contribution in [3.05, 3.63) is 29.8 Å². The number of nitrogens with one attached hydrogen (secondary N) is 1. The predicted octanol–water partition coefficient (Wildman–Crippen LogP) is 2.06. The molecule has 110 valence electrons. The van der Waals surface area contributed by atoms with Crippen molar-refractivity contribution in [3.8, 4) is 0 Å². The topological polar surface area (TPSA) is 49.4 Å². The molecule has 20 heavy (non-hydrogen) atoms. The molecule has 0 bridgehead atoms. The van der Waals surface area contributed by atoms with Gasteiger partial charge in [0.25, 0.3) is 0 Å². The van der Waals surface area contributed by atoms with E-state index in [1.807, 2.05) is 24.1 Å². The van der Waals surface area contributed by atoms with E-state index in [1.165, 1.54) is 5.56 Å². The third-order valence-electron chi connectivity index (χ3n) is 3.69. The van der Waals surface area contributed by atoms with Crippen molar-refractivity contribution < 1.29 is 8.42 Å². The Bertz CT molecular complexity index is 582. The van der Waals surface area contributed by atoms with E-state index < -0.39 is 9.84 Å². The average molecular weight is 312 g/mol. The van der Waals surface area contributed by atoms with Gasteiger partial charge in [-0.1, -0.05) is 19.1 Å². The molecule has 0 unspecified atom stereocenters. The fourth-order valence-electron chi connectivity index (χ4n) is 2.28. The van der Waals surface area contributed by atoms with Crippen molar-refractivity contribution >= 4 is 32.9 Å². The predicted molar refractivity (Wildman–Crippen MR) is 86.9 cm³/mol. The zero-order valence-electron chi connectivity index (χ0n) is 11.8. The summed E-state index contributed by atoms with van der Waals surface area (Å²) in [5, 5.41) is 3.73. The van der Waals surface area contributed by atoms with Gasteiger partial charge in [0, 0.05) is 18.8 Å². The molecule has 1 N–H and O–H groups in total. The molecule has 1 aliphatic heterocycles. The zero-order valence-corrected chi connectivity index (χ0v) is 13.4. The van der Waals surface area contributed by atoms with Crippen molar-refractivity contribution in [2.75, 3.05) is 23.9 Å². The van der Waals surface area contributed by atoms with Gasteiger partial charge in [0.15, 0.2) is 14.9 Å². The lowest BCUT2D eigenvalue weighted by molar-refractivity contribution is 0.402. The highest BCUT2D eigenvalue weighted by atomic mass is 32.2. The van der Waals surface area contributed by atoms with Gasteiger partial charge >= 0.3 is 0 Å². The minimum Gasteiger partial charge on any atom is -0.348 e. The first-order valence-corrected chi connectivity index (χ1v) is 8.97. The molecule has 1 saturated heterocycles. The molecule has 0 aliphatic carbocycles. The Morgan fingerprint density at radius 1 is 1.40 bits per heavy atom. The van der Waals surface area contributed by atoms with E-state index in [2.05, 4.69) is 24.4 Å². The first-order valence-electron chi connectivity index (χ1n) is 6.74. The van der Waals surface area contributed by atoms with Gasteiger partial charge in [-0.15, -0.1) is 0 Å². The van der Waals surface area contributed by atoms with Crippen LogP contribution in [0.5, 0.6) is 0 Å². The summed E-state index contributed by atoms with van der Waals surface area (Å²) < 4.78 is 23.0. The van der Waals surface area contributed by atoms with E-state index in [-0.39, 0.29) is 17.5 Å². The molecule has 1 aromatic carbocycles. The highest BCUT2D eigenvalue weighted by Gasteiger charge is 2.31. The van der Waals surface area contributed by atoms with Crippen LogP contribution in [0.4, 0.5) is 5.69 Å². The summed E-state index contributed by atoms with van der Waals surface area (Å²) in [5.41, 5.74) is 2.21. The molecule has 2 rings (SSSR count). The molecular formula is C14H20N2O2S2. The first-order chi connectivity index (χ1) is 9.41. The van der Waals surface area contributed by atoms with Crippen LogP contribution in [0.1, 0.15) is 18.9 Å². The van der Waals surface area contributed by atoms with E-state index >= 15 is 0 Å². The lowest BCUT2D eigenvalue weighted by atomic mass is 10.1. The highest BCUT2D eigenvalue weighted by Crippen LogP contribution is 2.18. The second kappa shape index (κ2) is 6.10.